The summed E-state index contributed by atoms with van der Waals surface area (Å²) in [5, 5.41) is 25.9. The molecule has 5 rings (SSSR count). The highest BCUT2D eigenvalue weighted by Crippen LogP contribution is 2.29. The molecule has 0 aliphatic heterocycles. The Labute approximate surface area is 164 Å². The van der Waals surface area contributed by atoms with Crippen molar-refractivity contribution in [2.45, 2.75) is 31.4 Å². The van der Waals surface area contributed by atoms with Crippen molar-refractivity contribution in [1.29, 1.82) is 0 Å². The minimum atomic E-state index is -0.448. The first-order valence-corrected chi connectivity index (χ1v) is 9.97. The Morgan fingerprint density at radius 2 is 2.18 bits per heavy atom. The highest BCUT2D eigenvalue weighted by Gasteiger charge is 2.27. The maximum Gasteiger partial charge on any atom is 0.261 e. The van der Waals surface area contributed by atoms with E-state index >= 15 is 0 Å². The van der Waals surface area contributed by atoms with E-state index in [0.29, 0.717) is 4.88 Å². The summed E-state index contributed by atoms with van der Waals surface area (Å²) >= 11 is 1.38. The highest BCUT2D eigenvalue weighted by molar-refractivity contribution is 7.12. The van der Waals surface area contributed by atoms with E-state index in [-0.39, 0.29) is 11.9 Å². The average molecular weight is 394 g/mol. The Morgan fingerprint density at radius 3 is 2.96 bits per heavy atom. The third-order valence-corrected chi connectivity index (χ3v) is 6.05. The number of carbonyl (C=O) groups excluding carboxylic acids is 1. The second-order valence-corrected chi connectivity index (χ2v) is 7.85. The van der Waals surface area contributed by atoms with Gasteiger partial charge in [0.2, 0.25) is 0 Å². The van der Waals surface area contributed by atoms with E-state index in [1.165, 1.54) is 11.3 Å². The summed E-state index contributed by atoms with van der Waals surface area (Å²) in [5.41, 5.74) is 4.35. The van der Waals surface area contributed by atoms with Crippen molar-refractivity contribution in [3.8, 4) is 22.3 Å². The van der Waals surface area contributed by atoms with Gasteiger partial charge in [0.25, 0.3) is 5.91 Å². The quantitative estimate of drug-likeness (QED) is 0.493. The maximum absolute atomic E-state index is 12.5. The van der Waals surface area contributed by atoms with Crippen molar-refractivity contribution >= 4 is 22.9 Å². The Bertz CT molecular complexity index is 1130. The average Bonchev–Trinajstić information content (AvgIpc) is 3.48. The highest BCUT2D eigenvalue weighted by atomic mass is 32.1. The van der Waals surface area contributed by atoms with E-state index in [0.717, 1.165) is 47.2 Å². The van der Waals surface area contributed by atoms with E-state index in [1.54, 1.807) is 29.3 Å². The molecule has 9 heteroatoms. The number of nitrogens with one attached hydrogen (secondary N) is 2. The van der Waals surface area contributed by atoms with Gasteiger partial charge in [0.1, 0.15) is 0 Å². The van der Waals surface area contributed by atoms with E-state index in [1.807, 2.05) is 17.6 Å². The molecule has 2 atom stereocenters. The first-order chi connectivity index (χ1) is 13.7. The van der Waals surface area contributed by atoms with Crippen LogP contribution < -0.4 is 5.32 Å². The Balaban J connectivity index is 1.41. The second kappa shape index (κ2) is 6.84. The zero-order valence-corrected chi connectivity index (χ0v) is 15.7. The maximum atomic E-state index is 12.5. The molecule has 1 aliphatic carbocycles. The van der Waals surface area contributed by atoms with Crippen LogP contribution in [0.4, 0.5) is 0 Å². The number of H-pyrrole nitrogens is 1. The van der Waals surface area contributed by atoms with Crippen LogP contribution in [0.5, 0.6) is 0 Å². The van der Waals surface area contributed by atoms with Crippen LogP contribution in [0.2, 0.25) is 0 Å². The predicted octanol–water partition coefficient (Wildman–Crippen LogP) is 2.49. The van der Waals surface area contributed by atoms with Gasteiger partial charge in [-0.05, 0) is 36.3 Å². The smallest absolute Gasteiger partial charge is 0.261 e. The van der Waals surface area contributed by atoms with Gasteiger partial charge in [0.05, 0.1) is 29.4 Å². The zero-order chi connectivity index (χ0) is 19.1. The summed E-state index contributed by atoms with van der Waals surface area (Å²) in [4.78, 5) is 17.7. The number of aromatic amines is 1. The number of nitrogens with zero attached hydrogens (tertiary/aromatic N) is 4. The number of hydrogen-bond acceptors (Lipinski definition) is 6. The molecule has 1 saturated carbocycles. The fourth-order valence-electron chi connectivity index (χ4n) is 3.58. The number of aliphatic hydroxyl groups is 1. The molecule has 1 amide bonds. The van der Waals surface area contributed by atoms with Crippen LogP contribution in [0.3, 0.4) is 0 Å². The summed E-state index contributed by atoms with van der Waals surface area (Å²) in [6.45, 7) is 0. The van der Waals surface area contributed by atoms with Crippen LogP contribution >= 0.6 is 11.3 Å². The van der Waals surface area contributed by atoms with Gasteiger partial charge in [-0.3, -0.25) is 9.89 Å². The molecule has 0 radical (unpaired) electrons. The lowest BCUT2D eigenvalue weighted by Crippen LogP contribution is -2.39. The van der Waals surface area contributed by atoms with Crippen molar-refractivity contribution in [2.24, 2.45) is 0 Å². The number of rotatable bonds is 4. The monoisotopic (exact) mass is 394 g/mol. The van der Waals surface area contributed by atoms with Gasteiger partial charge < -0.3 is 10.4 Å². The molecular formula is C19H18N6O2S. The lowest BCUT2D eigenvalue weighted by Gasteiger charge is -2.15. The molecule has 0 spiro atoms. The third kappa shape index (κ3) is 2.98. The first-order valence-electron chi connectivity index (χ1n) is 9.09. The number of amides is 1. The summed E-state index contributed by atoms with van der Waals surface area (Å²) in [5.74, 6) is -0.145. The van der Waals surface area contributed by atoms with Crippen molar-refractivity contribution in [1.82, 2.24) is 30.1 Å². The Morgan fingerprint density at radius 1 is 1.25 bits per heavy atom. The summed E-state index contributed by atoms with van der Waals surface area (Å²) in [7, 11) is 0. The second-order valence-electron chi connectivity index (χ2n) is 6.93. The lowest BCUT2D eigenvalue weighted by molar-refractivity contribution is 0.0877. The van der Waals surface area contributed by atoms with Gasteiger partial charge in [-0.15, -0.1) is 11.3 Å². The minimum absolute atomic E-state index is 0.145. The van der Waals surface area contributed by atoms with E-state index in [4.69, 9.17) is 0 Å². The number of carbonyl (C=O) groups is 1. The predicted molar refractivity (Wildman–Crippen MR) is 105 cm³/mol. The van der Waals surface area contributed by atoms with Crippen LogP contribution in [0.25, 0.3) is 27.9 Å². The molecule has 0 bridgehead atoms. The van der Waals surface area contributed by atoms with Crippen molar-refractivity contribution in [3.63, 3.8) is 0 Å². The number of aromatic nitrogens is 5. The van der Waals surface area contributed by atoms with E-state index in [9.17, 15) is 9.90 Å². The molecule has 0 aromatic carbocycles. The van der Waals surface area contributed by atoms with Gasteiger partial charge in [-0.2, -0.15) is 10.2 Å². The number of fused-ring (bicyclic) bond motifs is 1. The standard InChI is InChI=1S/C19H18N6O2S/c26-16-3-1-2-15(16)24-19(27)17-4-11(10-28-17)14-8-23-25-9-13(5-20-18(14)25)12-6-21-22-7-12/h4-10,15-16,26H,1-3H2,(H,21,22)(H,24,27). The normalized spacial score (nSPS) is 19.3. The van der Waals surface area contributed by atoms with Crippen LogP contribution in [-0.4, -0.2) is 48.0 Å². The summed E-state index contributed by atoms with van der Waals surface area (Å²) < 4.78 is 1.73. The van der Waals surface area contributed by atoms with Gasteiger partial charge in [0.15, 0.2) is 5.65 Å². The Hall–Kier alpha value is -3.04. The zero-order valence-electron chi connectivity index (χ0n) is 14.9. The molecule has 1 aliphatic rings. The van der Waals surface area contributed by atoms with E-state index < -0.39 is 6.10 Å². The summed E-state index contributed by atoms with van der Waals surface area (Å²) in [6.07, 6.45) is 11.0. The molecule has 28 heavy (non-hydrogen) atoms. The van der Waals surface area contributed by atoms with Gasteiger partial charge >= 0.3 is 0 Å². The molecule has 4 heterocycles. The molecule has 142 valence electrons. The van der Waals surface area contributed by atoms with E-state index in [2.05, 4.69) is 25.6 Å². The molecule has 8 nitrogen and oxygen atoms in total. The van der Waals surface area contributed by atoms with Gasteiger partial charge in [-0.1, -0.05) is 0 Å². The number of hydrogen-bond donors (Lipinski definition) is 3. The molecule has 4 aromatic rings. The number of aliphatic hydroxyl groups excluding tert-OH is 1. The van der Waals surface area contributed by atoms with Crippen LogP contribution in [0.15, 0.2) is 42.4 Å². The minimum Gasteiger partial charge on any atom is -0.391 e. The van der Waals surface area contributed by atoms with Crippen LogP contribution in [0, 0.1) is 0 Å². The number of thiophene rings is 1. The molecule has 2 unspecified atom stereocenters. The fraction of sp³-hybridized carbons (Fsp3) is 0.263. The molecule has 0 saturated heterocycles. The van der Waals surface area contributed by atoms with Crippen molar-refractivity contribution in [3.05, 3.63) is 47.3 Å². The summed E-state index contributed by atoms with van der Waals surface area (Å²) in [6, 6.07) is 1.70. The van der Waals surface area contributed by atoms with Crippen molar-refractivity contribution < 1.29 is 9.90 Å². The molecular weight excluding hydrogens is 376 g/mol. The van der Waals surface area contributed by atoms with Crippen LogP contribution in [-0.2, 0) is 0 Å². The first kappa shape index (κ1) is 17.1. The topological polar surface area (TPSA) is 108 Å². The molecule has 3 N–H and O–H groups in total. The molecule has 1 fully saturated rings. The SMILES string of the molecule is O=C(NC1CCCC1O)c1cc(-c2cnn3cc(-c4cn[nH]c4)cnc23)cs1. The fourth-order valence-corrected chi connectivity index (χ4v) is 4.39. The van der Waals surface area contributed by atoms with Gasteiger partial charge in [-0.25, -0.2) is 9.50 Å². The largest absolute Gasteiger partial charge is 0.391 e. The third-order valence-electron chi connectivity index (χ3n) is 5.12. The van der Waals surface area contributed by atoms with Gasteiger partial charge in [0, 0.05) is 35.3 Å². The van der Waals surface area contributed by atoms with Crippen LogP contribution in [0.1, 0.15) is 28.9 Å². The lowest BCUT2D eigenvalue weighted by atomic mass is 10.1. The Kier molecular flexibility index (Phi) is 4.18. The van der Waals surface area contributed by atoms with Crippen molar-refractivity contribution in [2.75, 3.05) is 0 Å². The molecule has 4 aromatic heterocycles.